The minimum Gasteiger partial charge on any atom is -0.491 e. The van der Waals surface area contributed by atoms with Crippen LogP contribution >= 0.6 is 0 Å². The monoisotopic (exact) mass is 475 g/mol. The molecule has 0 saturated heterocycles. The zero-order valence-electron chi connectivity index (χ0n) is 18.7. The van der Waals surface area contributed by atoms with Crippen LogP contribution in [0.5, 0.6) is 17.2 Å². The summed E-state index contributed by atoms with van der Waals surface area (Å²) in [6.45, 7) is 1.03. The van der Waals surface area contributed by atoms with Gasteiger partial charge in [-0.15, -0.1) is 0 Å². The van der Waals surface area contributed by atoms with E-state index in [1.807, 2.05) is 30.3 Å². The summed E-state index contributed by atoms with van der Waals surface area (Å²) in [7, 11) is 0. The molecule has 9 heteroatoms. The molecule has 0 radical (unpaired) electrons. The van der Waals surface area contributed by atoms with Crippen LogP contribution in [-0.2, 0) is 16.8 Å². The van der Waals surface area contributed by atoms with Gasteiger partial charge < -0.3 is 29.7 Å². The van der Waals surface area contributed by atoms with E-state index in [-0.39, 0.29) is 44.8 Å². The van der Waals surface area contributed by atoms with Gasteiger partial charge in [0, 0.05) is 37.0 Å². The van der Waals surface area contributed by atoms with Crippen LogP contribution < -0.4 is 29.7 Å². The Labute approximate surface area is 200 Å². The Morgan fingerprint density at radius 1 is 0.943 bits per heavy atom. The third-order valence-electron chi connectivity index (χ3n) is 6.61. The quantitative estimate of drug-likeness (QED) is 0.592. The van der Waals surface area contributed by atoms with E-state index in [2.05, 4.69) is 10.6 Å². The lowest BCUT2D eigenvalue weighted by molar-refractivity contribution is -0.122. The van der Waals surface area contributed by atoms with Crippen LogP contribution in [0.25, 0.3) is 0 Å². The second kappa shape index (κ2) is 8.19. The van der Waals surface area contributed by atoms with Crippen LogP contribution in [0.1, 0.15) is 16.7 Å². The van der Waals surface area contributed by atoms with Gasteiger partial charge >= 0.3 is 6.03 Å². The summed E-state index contributed by atoms with van der Waals surface area (Å²) in [4.78, 5) is 27.8. The molecule has 178 valence electrons. The van der Waals surface area contributed by atoms with E-state index < -0.39 is 11.4 Å². The van der Waals surface area contributed by atoms with Crippen LogP contribution in [0.4, 0.5) is 14.9 Å². The Hall–Kier alpha value is -4.27. The second-order valence-corrected chi connectivity index (χ2v) is 8.61. The Morgan fingerprint density at radius 2 is 1.77 bits per heavy atom. The van der Waals surface area contributed by atoms with Crippen molar-refractivity contribution in [2.24, 2.45) is 0 Å². The normalized spacial score (nSPS) is 18.9. The van der Waals surface area contributed by atoms with Crippen LogP contribution in [-0.4, -0.2) is 38.4 Å². The Kier molecular flexibility index (Phi) is 4.98. The number of para-hydroxylation sites is 1. The average molecular weight is 475 g/mol. The molecule has 3 aliphatic heterocycles. The van der Waals surface area contributed by atoms with Gasteiger partial charge in [0.15, 0.2) is 11.5 Å². The molecule has 0 bridgehead atoms. The summed E-state index contributed by atoms with van der Waals surface area (Å²) in [5, 5.41) is 5.47. The fourth-order valence-corrected chi connectivity index (χ4v) is 4.96. The summed E-state index contributed by atoms with van der Waals surface area (Å²) in [5.74, 6) is 1.33. The highest BCUT2D eigenvalue weighted by atomic mass is 19.1. The van der Waals surface area contributed by atoms with Crippen molar-refractivity contribution in [3.05, 3.63) is 83.2 Å². The van der Waals surface area contributed by atoms with Crippen LogP contribution in [0.15, 0.2) is 60.7 Å². The summed E-state index contributed by atoms with van der Waals surface area (Å²) >= 11 is 0. The number of urea groups is 1. The molecular formula is C26H22FN3O5. The number of nitrogens with zero attached hydrogens (tertiary/aromatic N) is 1. The molecular weight excluding hydrogens is 453 g/mol. The molecule has 0 fully saturated rings. The molecule has 1 unspecified atom stereocenters. The highest BCUT2D eigenvalue weighted by molar-refractivity contribution is 6.11. The highest BCUT2D eigenvalue weighted by Gasteiger charge is 2.57. The first kappa shape index (κ1) is 21.3. The van der Waals surface area contributed by atoms with Gasteiger partial charge in [-0.1, -0.05) is 30.3 Å². The number of ether oxygens (including phenoxy) is 3. The van der Waals surface area contributed by atoms with Crippen LogP contribution in [0.3, 0.4) is 0 Å². The first-order valence-corrected chi connectivity index (χ1v) is 11.3. The number of nitrogens with one attached hydrogen (secondary N) is 2. The SMILES string of the molecule is O=C(NCCN1C(=O)C2(COc3cc4c(cc32)OCO4)c2ccccc21)NCc1cccc(F)c1. The molecule has 1 spiro atoms. The maximum atomic E-state index is 13.9. The van der Waals surface area contributed by atoms with Gasteiger partial charge in [-0.2, -0.15) is 0 Å². The van der Waals surface area contributed by atoms with Crippen molar-refractivity contribution in [1.82, 2.24) is 10.6 Å². The molecule has 2 N–H and O–H groups in total. The molecule has 0 saturated carbocycles. The zero-order chi connectivity index (χ0) is 24.0. The maximum Gasteiger partial charge on any atom is 0.315 e. The van der Waals surface area contributed by atoms with Crippen molar-refractivity contribution >= 4 is 17.6 Å². The minimum atomic E-state index is -0.980. The molecule has 3 aromatic carbocycles. The number of benzene rings is 3. The Balaban J connectivity index is 1.18. The Bertz CT molecular complexity index is 1350. The van der Waals surface area contributed by atoms with Gasteiger partial charge in [-0.25, -0.2) is 9.18 Å². The topological polar surface area (TPSA) is 89.1 Å². The first-order chi connectivity index (χ1) is 17.1. The molecule has 3 aromatic rings. The van der Waals surface area contributed by atoms with Gasteiger partial charge in [-0.05, 0) is 35.4 Å². The molecule has 0 aliphatic carbocycles. The average Bonchev–Trinajstić information content (AvgIpc) is 3.54. The summed E-state index contributed by atoms with van der Waals surface area (Å²) < 4.78 is 30.3. The predicted molar refractivity (Wildman–Crippen MR) is 124 cm³/mol. The fraction of sp³-hybridized carbons (Fsp3) is 0.231. The molecule has 1 atom stereocenters. The number of anilines is 1. The lowest BCUT2D eigenvalue weighted by Crippen LogP contribution is -2.46. The number of hydrogen-bond acceptors (Lipinski definition) is 5. The number of rotatable bonds is 5. The molecule has 35 heavy (non-hydrogen) atoms. The maximum absolute atomic E-state index is 13.9. The van der Waals surface area contributed by atoms with Crippen molar-refractivity contribution in [2.45, 2.75) is 12.0 Å². The van der Waals surface area contributed by atoms with Crippen LogP contribution in [0, 0.1) is 5.82 Å². The van der Waals surface area contributed by atoms with Crippen molar-refractivity contribution in [2.75, 3.05) is 31.4 Å². The lowest BCUT2D eigenvalue weighted by atomic mass is 9.77. The fourth-order valence-electron chi connectivity index (χ4n) is 4.96. The van der Waals surface area contributed by atoms with E-state index in [0.717, 1.165) is 16.8 Å². The van der Waals surface area contributed by atoms with Gasteiger partial charge in [0.2, 0.25) is 12.7 Å². The molecule has 3 amide bonds. The van der Waals surface area contributed by atoms with E-state index in [4.69, 9.17) is 14.2 Å². The van der Waals surface area contributed by atoms with E-state index >= 15 is 0 Å². The number of fused-ring (bicyclic) bond motifs is 5. The van der Waals surface area contributed by atoms with Crippen molar-refractivity contribution in [3.63, 3.8) is 0 Å². The van der Waals surface area contributed by atoms with Crippen molar-refractivity contribution in [3.8, 4) is 17.2 Å². The van der Waals surface area contributed by atoms with Gasteiger partial charge in [0.1, 0.15) is 23.6 Å². The number of hydrogen-bond donors (Lipinski definition) is 2. The molecule has 6 rings (SSSR count). The van der Waals surface area contributed by atoms with E-state index in [1.165, 1.54) is 12.1 Å². The summed E-state index contributed by atoms with van der Waals surface area (Å²) in [6.07, 6.45) is 0. The van der Waals surface area contributed by atoms with Gasteiger partial charge in [-0.3, -0.25) is 4.79 Å². The number of amides is 3. The first-order valence-electron chi connectivity index (χ1n) is 11.3. The van der Waals surface area contributed by atoms with Crippen LogP contribution in [0.2, 0.25) is 0 Å². The van der Waals surface area contributed by atoms with Crippen molar-refractivity contribution in [1.29, 1.82) is 0 Å². The van der Waals surface area contributed by atoms with Gasteiger partial charge in [0.25, 0.3) is 0 Å². The third kappa shape index (κ3) is 3.42. The lowest BCUT2D eigenvalue weighted by Gasteiger charge is -2.23. The molecule has 3 heterocycles. The zero-order valence-corrected chi connectivity index (χ0v) is 18.7. The predicted octanol–water partition coefficient (Wildman–Crippen LogP) is 3.08. The summed E-state index contributed by atoms with van der Waals surface area (Å²) in [5.41, 5.74) is 2.08. The summed E-state index contributed by atoms with van der Waals surface area (Å²) in [6, 6.07) is 16.9. The minimum absolute atomic E-state index is 0.113. The molecule has 0 aromatic heterocycles. The van der Waals surface area contributed by atoms with E-state index in [0.29, 0.717) is 22.8 Å². The molecule has 3 aliphatic rings. The molecule has 8 nitrogen and oxygen atoms in total. The Morgan fingerprint density at radius 3 is 2.63 bits per heavy atom. The smallest absolute Gasteiger partial charge is 0.315 e. The van der Waals surface area contributed by atoms with E-state index in [9.17, 15) is 14.0 Å². The number of halogens is 1. The largest absolute Gasteiger partial charge is 0.491 e. The number of carbonyl (C=O) groups excluding carboxylic acids is 2. The standard InChI is InChI=1S/C26H22FN3O5/c27-17-5-3-4-16(10-17)13-29-25(32)28-8-9-30-20-7-2-1-6-18(20)26(24(30)31)14-33-21-12-23-22(11-19(21)26)34-15-35-23/h1-7,10-12H,8-9,13-15H2,(H2,28,29,32). The van der Waals surface area contributed by atoms with E-state index in [1.54, 1.807) is 23.1 Å². The second-order valence-electron chi connectivity index (χ2n) is 8.61. The number of carbonyl (C=O) groups is 2. The highest BCUT2D eigenvalue weighted by Crippen LogP contribution is 2.54. The third-order valence-corrected chi connectivity index (χ3v) is 6.61. The van der Waals surface area contributed by atoms with Crippen molar-refractivity contribution < 1.29 is 28.2 Å². The van der Waals surface area contributed by atoms with Gasteiger partial charge in [0.05, 0.1) is 0 Å².